The van der Waals surface area contributed by atoms with Gasteiger partial charge in [0.05, 0.1) is 0 Å². The van der Waals surface area contributed by atoms with Gasteiger partial charge in [0.2, 0.25) is 5.91 Å². The molecule has 1 saturated heterocycles. The van der Waals surface area contributed by atoms with Crippen molar-refractivity contribution in [3.63, 3.8) is 0 Å². The fraction of sp³-hybridized carbons (Fsp3) is 0.350. The number of carbonyl (C=O) groups is 1. The van der Waals surface area contributed by atoms with E-state index >= 15 is 0 Å². The van der Waals surface area contributed by atoms with Gasteiger partial charge in [-0.1, -0.05) is 48.0 Å². The highest BCUT2D eigenvalue weighted by Crippen LogP contribution is 2.23. The summed E-state index contributed by atoms with van der Waals surface area (Å²) in [5, 5.41) is 3.69. The third-order valence-electron chi connectivity index (χ3n) is 4.65. The van der Waals surface area contributed by atoms with E-state index in [-0.39, 0.29) is 11.8 Å². The minimum Gasteiger partial charge on any atom is -0.326 e. The van der Waals surface area contributed by atoms with Crippen LogP contribution >= 0.6 is 11.6 Å². The van der Waals surface area contributed by atoms with Gasteiger partial charge in [-0.15, -0.1) is 0 Å². The molecule has 1 heterocycles. The van der Waals surface area contributed by atoms with Gasteiger partial charge in [0.1, 0.15) is 0 Å². The second kappa shape index (κ2) is 7.82. The summed E-state index contributed by atoms with van der Waals surface area (Å²) < 4.78 is 0. The first-order chi connectivity index (χ1) is 11.6. The molecule has 2 aromatic carbocycles. The minimum absolute atomic E-state index is 0.0806. The molecule has 24 heavy (non-hydrogen) atoms. The van der Waals surface area contributed by atoms with Crippen LogP contribution in [-0.4, -0.2) is 23.9 Å². The Labute approximate surface area is 148 Å². The Morgan fingerprint density at radius 3 is 2.54 bits per heavy atom. The van der Waals surface area contributed by atoms with Crippen LogP contribution in [0.4, 0.5) is 5.69 Å². The molecule has 0 atom stereocenters. The van der Waals surface area contributed by atoms with Crippen molar-refractivity contribution in [3.8, 4) is 0 Å². The first-order valence-corrected chi connectivity index (χ1v) is 8.83. The standard InChI is InChI=1S/C20H23ClN2O/c1-15-7-8-18(13-19(15)21)22-20(24)17-9-11-23(12-10-17)14-16-5-3-2-4-6-16/h2-8,13,17H,9-12,14H2,1H3,(H,22,24). The number of benzene rings is 2. The maximum Gasteiger partial charge on any atom is 0.227 e. The number of nitrogens with one attached hydrogen (secondary N) is 1. The van der Waals surface area contributed by atoms with Crippen LogP contribution in [0.3, 0.4) is 0 Å². The van der Waals surface area contributed by atoms with E-state index in [1.54, 1.807) is 0 Å². The monoisotopic (exact) mass is 342 g/mol. The zero-order valence-corrected chi connectivity index (χ0v) is 14.7. The number of nitrogens with zero attached hydrogens (tertiary/aromatic N) is 1. The number of likely N-dealkylation sites (tertiary alicyclic amines) is 1. The van der Waals surface area contributed by atoms with Crippen molar-refractivity contribution in [2.75, 3.05) is 18.4 Å². The molecule has 1 N–H and O–H groups in total. The van der Waals surface area contributed by atoms with Crippen molar-refractivity contribution >= 4 is 23.2 Å². The normalized spacial score (nSPS) is 16.1. The second-order valence-corrected chi connectivity index (χ2v) is 6.90. The Hall–Kier alpha value is -1.84. The summed E-state index contributed by atoms with van der Waals surface area (Å²) in [7, 11) is 0. The Balaban J connectivity index is 1.50. The molecule has 0 saturated carbocycles. The SMILES string of the molecule is Cc1ccc(NC(=O)C2CCN(Cc3ccccc3)CC2)cc1Cl. The van der Waals surface area contributed by atoms with Crippen molar-refractivity contribution < 1.29 is 4.79 Å². The van der Waals surface area contributed by atoms with Crippen LogP contribution in [0.1, 0.15) is 24.0 Å². The summed E-state index contributed by atoms with van der Waals surface area (Å²) in [5.74, 6) is 0.186. The molecular weight excluding hydrogens is 320 g/mol. The summed E-state index contributed by atoms with van der Waals surface area (Å²) in [6.45, 7) is 4.84. The molecule has 0 aromatic heterocycles. The fourth-order valence-corrected chi connectivity index (χ4v) is 3.29. The highest BCUT2D eigenvalue weighted by Gasteiger charge is 2.25. The van der Waals surface area contributed by atoms with Gasteiger partial charge in [0.15, 0.2) is 0 Å². The average molecular weight is 343 g/mol. The zero-order chi connectivity index (χ0) is 16.9. The number of piperidine rings is 1. The fourth-order valence-electron chi connectivity index (χ4n) is 3.11. The minimum atomic E-state index is 0.0806. The molecular formula is C20H23ClN2O. The maximum absolute atomic E-state index is 12.5. The van der Waals surface area contributed by atoms with Gasteiger partial charge < -0.3 is 5.32 Å². The van der Waals surface area contributed by atoms with Gasteiger partial charge in [0.25, 0.3) is 0 Å². The lowest BCUT2D eigenvalue weighted by molar-refractivity contribution is -0.121. The summed E-state index contributed by atoms with van der Waals surface area (Å²) in [4.78, 5) is 14.9. The third-order valence-corrected chi connectivity index (χ3v) is 5.05. The summed E-state index contributed by atoms with van der Waals surface area (Å²) in [6.07, 6.45) is 1.80. The van der Waals surface area contributed by atoms with Gasteiger partial charge in [-0.3, -0.25) is 9.69 Å². The molecule has 2 aromatic rings. The van der Waals surface area contributed by atoms with E-state index in [0.29, 0.717) is 5.02 Å². The van der Waals surface area contributed by atoms with E-state index < -0.39 is 0 Å². The van der Waals surface area contributed by atoms with E-state index in [9.17, 15) is 4.79 Å². The molecule has 0 spiro atoms. The summed E-state index contributed by atoms with van der Waals surface area (Å²) in [5.41, 5.74) is 3.13. The van der Waals surface area contributed by atoms with E-state index in [2.05, 4.69) is 34.5 Å². The van der Waals surface area contributed by atoms with Crippen LogP contribution < -0.4 is 5.32 Å². The van der Waals surface area contributed by atoms with E-state index in [0.717, 1.165) is 43.7 Å². The van der Waals surface area contributed by atoms with Crippen LogP contribution in [0, 0.1) is 12.8 Å². The maximum atomic E-state index is 12.5. The van der Waals surface area contributed by atoms with Crippen LogP contribution in [0.5, 0.6) is 0 Å². The summed E-state index contributed by atoms with van der Waals surface area (Å²) >= 11 is 6.12. The number of rotatable bonds is 4. The van der Waals surface area contributed by atoms with Gasteiger partial charge in [-0.25, -0.2) is 0 Å². The Morgan fingerprint density at radius 2 is 1.88 bits per heavy atom. The molecule has 0 bridgehead atoms. The quantitative estimate of drug-likeness (QED) is 0.887. The molecule has 4 heteroatoms. The van der Waals surface area contributed by atoms with E-state index in [1.807, 2.05) is 31.2 Å². The number of anilines is 1. The lowest BCUT2D eigenvalue weighted by Crippen LogP contribution is -2.37. The number of halogens is 1. The highest BCUT2D eigenvalue weighted by molar-refractivity contribution is 6.31. The molecule has 0 unspecified atom stereocenters. The summed E-state index contributed by atoms with van der Waals surface area (Å²) in [6, 6.07) is 16.1. The average Bonchev–Trinajstić information content (AvgIpc) is 2.60. The lowest BCUT2D eigenvalue weighted by Gasteiger charge is -2.31. The number of hydrogen-bond donors (Lipinski definition) is 1. The van der Waals surface area contributed by atoms with Crippen LogP contribution in [0.25, 0.3) is 0 Å². The molecule has 3 nitrogen and oxygen atoms in total. The van der Waals surface area contributed by atoms with Crippen LogP contribution in [0.2, 0.25) is 5.02 Å². The molecule has 1 aliphatic rings. The van der Waals surface area contributed by atoms with Gasteiger partial charge >= 0.3 is 0 Å². The van der Waals surface area contributed by atoms with Crippen molar-refractivity contribution in [1.29, 1.82) is 0 Å². The number of amides is 1. The highest BCUT2D eigenvalue weighted by atomic mass is 35.5. The molecule has 0 radical (unpaired) electrons. The van der Waals surface area contributed by atoms with Gasteiger partial charge in [0, 0.05) is 23.2 Å². The molecule has 3 rings (SSSR count). The predicted octanol–water partition coefficient (Wildman–Crippen LogP) is 4.50. The third kappa shape index (κ3) is 4.37. The molecule has 126 valence electrons. The molecule has 1 amide bonds. The van der Waals surface area contributed by atoms with E-state index in [1.165, 1.54) is 5.56 Å². The van der Waals surface area contributed by atoms with E-state index in [4.69, 9.17) is 11.6 Å². The van der Waals surface area contributed by atoms with Gasteiger partial charge in [-0.2, -0.15) is 0 Å². The molecule has 0 aliphatic carbocycles. The van der Waals surface area contributed by atoms with Crippen LogP contribution in [0.15, 0.2) is 48.5 Å². The van der Waals surface area contributed by atoms with Gasteiger partial charge in [-0.05, 0) is 56.1 Å². The molecule has 1 fully saturated rings. The number of carbonyl (C=O) groups excluding carboxylic acids is 1. The van der Waals surface area contributed by atoms with Crippen molar-refractivity contribution in [2.24, 2.45) is 5.92 Å². The Kier molecular flexibility index (Phi) is 5.54. The predicted molar refractivity (Wildman–Crippen MR) is 99.3 cm³/mol. The molecule has 1 aliphatic heterocycles. The Bertz CT molecular complexity index is 694. The number of aryl methyl sites for hydroxylation is 1. The van der Waals surface area contributed by atoms with Crippen molar-refractivity contribution in [3.05, 3.63) is 64.7 Å². The zero-order valence-electron chi connectivity index (χ0n) is 14.0. The van der Waals surface area contributed by atoms with Crippen molar-refractivity contribution in [2.45, 2.75) is 26.3 Å². The Morgan fingerprint density at radius 1 is 1.17 bits per heavy atom. The smallest absolute Gasteiger partial charge is 0.227 e. The van der Waals surface area contributed by atoms with Crippen molar-refractivity contribution in [1.82, 2.24) is 4.90 Å². The largest absolute Gasteiger partial charge is 0.326 e. The first kappa shape index (κ1) is 17.0. The second-order valence-electron chi connectivity index (χ2n) is 6.49. The van der Waals surface area contributed by atoms with Crippen LogP contribution in [-0.2, 0) is 11.3 Å². The first-order valence-electron chi connectivity index (χ1n) is 8.45. The topological polar surface area (TPSA) is 32.3 Å². The lowest BCUT2D eigenvalue weighted by atomic mass is 9.95. The number of hydrogen-bond acceptors (Lipinski definition) is 2.